The number of rotatable bonds is 3. The van der Waals surface area contributed by atoms with Crippen LogP contribution in [0.5, 0.6) is 0 Å². The average molecular weight is 317 g/mol. The van der Waals surface area contributed by atoms with E-state index in [0.29, 0.717) is 12.1 Å². The molecule has 0 aromatic carbocycles. The smallest absolute Gasteiger partial charge is 0.0328 e. The van der Waals surface area contributed by atoms with Crippen LogP contribution >= 0.6 is 27.3 Å². The van der Waals surface area contributed by atoms with Crippen LogP contribution in [-0.4, -0.2) is 24.0 Å². The van der Waals surface area contributed by atoms with Gasteiger partial charge in [-0.3, -0.25) is 4.90 Å². The van der Waals surface area contributed by atoms with Crippen molar-refractivity contribution in [2.45, 2.75) is 50.7 Å². The largest absolute Gasteiger partial charge is 0.326 e. The van der Waals surface area contributed by atoms with Crippen molar-refractivity contribution in [1.82, 2.24) is 4.90 Å². The van der Waals surface area contributed by atoms with E-state index >= 15 is 0 Å². The van der Waals surface area contributed by atoms with Crippen LogP contribution < -0.4 is 5.73 Å². The van der Waals surface area contributed by atoms with Crippen molar-refractivity contribution in [3.05, 3.63) is 20.8 Å². The van der Waals surface area contributed by atoms with E-state index in [9.17, 15) is 0 Å². The Balaban J connectivity index is 1.95. The summed E-state index contributed by atoms with van der Waals surface area (Å²) in [6.07, 6.45) is 6.42. The highest BCUT2D eigenvalue weighted by Gasteiger charge is 2.24. The topological polar surface area (TPSA) is 29.3 Å². The fourth-order valence-corrected chi connectivity index (χ4v) is 4.18. The number of halogens is 1. The van der Waals surface area contributed by atoms with Gasteiger partial charge in [-0.15, -0.1) is 11.3 Å². The van der Waals surface area contributed by atoms with Crippen LogP contribution in [0, 0.1) is 0 Å². The van der Waals surface area contributed by atoms with Gasteiger partial charge in [0.2, 0.25) is 0 Å². The zero-order valence-electron chi connectivity index (χ0n) is 10.4. The molecule has 2 atom stereocenters. The molecular weight excluding hydrogens is 296 g/mol. The highest BCUT2D eigenvalue weighted by atomic mass is 79.9. The molecule has 1 aromatic heterocycles. The maximum Gasteiger partial charge on any atom is 0.0328 e. The minimum atomic E-state index is 0.353. The molecule has 96 valence electrons. The van der Waals surface area contributed by atoms with Crippen LogP contribution in [0.3, 0.4) is 0 Å². The number of likely N-dealkylation sites (N-methyl/N-ethyl adjacent to an activating group) is 1. The molecule has 2 rings (SSSR count). The van der Waals surface area contributed by atoms with Gasteiger partial charge in [-0.1, -0.05) is 19.3 Å². The lowest BCUT2D eigenvalue weighted by atomic mass is 10.0. The van der Waals surface area contributed by atoms with Gasteiger partial charge in [-0.2, -0.15) is 0 Å². The highest BCUT2D eigenvalue weighted by Crippen LogP contribution is 2.25. The third kappa shape index (κ3) is 3.78. The van der Waals surface area contributed by atoms with Gasteiger partial charge in [-0.05, 0) is 41.9 Å². The van der Waals surface area contributed by atoms with Crippen molar-refractivity contribution in [2.24, 2.45) is 5.73 Å². The Labute approximate surface area is 116 Å². The van der Waals surface area contributed by atoms with Gasteiger partial charge in [0.1, 0.15) is 0 Å². The second-order valence-corrected chi connectivity index (χ2v) is 6.93. The predicted octanol–water partition coefficient (Wildman–Crippen LogP) is 3.60. The van der Waals surface area contributed by atoms with E-state index in [-0.39, 0.29) is 0 Å². The van der Waals surface area contributed by atoms with Gasteiger partial charge in [0.05, 0.1) is 0 Å². The summed E-state index contributed by atoms with van der Waals surface area (Å²) in [5.41, 5.74) is 6.29. The van der Waals surface area contributed by atoms with Crippen molar-refractivity contribution in [3.63, 3.8) is 0 Å². The summed E-state index contributed by atoms with van der Waals surface area (Å²) < 4.78 is 1.19. The number of hydrogen-bond acceptors (Lipinski definition) is 3. The van der Waals surface area contributed by atoms with Crippen LogP contribution in [0.2, 0.25) is 0 Å². The van der Waals surface area contributed by atoms with Gasteiger partial charge >= 0.3 is 0 Å². The zero-order chi connectivity index (χ0) is 12.3. The maximum absolute atomic E-state index is 6.29. The van der Waals surface area contributed by atoms with Gasteiger partial charge < -0.3 is 5.73 Å². The quantitative estimate of drug-likeness (QED) is 0.863. The molecule has 1 aromatic rings. The molecule has 1 saturated carbocycles. The van der Waals surface area contributed by atoms with Crippen LogP contribution in [0.25, 0.3) is 0 Å². The summed E-state index contributed by atoms with van der Waals surface area (Å²) in [5.74, 6) is 0. The predicted molar refractivity (Wildman–Crippen MR) is 78.3 cm³/mol. The van der Waals surface area contributed by atoms with E-state index < -0.39 is 0 Å². The normalized spacial score (nSPS) is 26.1. The van der Waals surface area contributed by atoms with Gasteiger partial charge in [0.15, 0.2) is 0 Å². The molecule has 0 radical (unpaired) electrons. The Morgan fingerprint density at radius 3 is 2.88 bits per heavy atom. The van der Waals surface area contributed by atoms with Crippen molar-refractivity contribution in [2.75, 3.05) is 7.05 Å². The molecule has 0 aliphatic heterocycles. The van der Waals surface area contributed by atoms with Crippen molar-refractivity contribution >= 4 is 27.3 Å². The first-order valence-corrected chi connectivity index (χ1v) is 8.03. The molecule has 17 heavy (non-hydrogen) atoms. The molecule has 1 aliphatic rings. The molecule has 4 heteroatoms. The van der Waals surface area contributed by atoms with Gasteiger partial charge in [0, 0.05) is 33.4 Å². The Morgan fingerprint density at radius 2 is 2.18 bits per heavy atom. The van der Waals surface area contributed by atoms with Crippen LogP contribution in [0.4, 0.5) is 0 Å². The first-order chi connectivity index (χ1) is 8.16. The summed E-state index contributed by atoms with van der Waals surface area (Å²) in [5, 5.41) is 2.15. The number of hydrogen-bond donors (Lipinski definition) is 1. The van der Waals surface area contributed by atoms with Gasteiger partial charge in [0.25, 0.3) is 0 Å². The minimum Gasteiger partial charge on any atom is -0.326 e. The van der Waals surface area contributed by atoms with Gasteiger partial charge in [-0.25, -0.2) is 0 Å². The number of nitrogens with zero attached hydrogens (tertiary/aromatic N) is 1. The second kappa shape index (κ2) is 6.32. The van der Waals surface area contributed by atoms with Crippen LogP contribution in [-0.2, 0) is 6.54 Å². The van der Waals surface area contributed by atoms with E-state index in [1.165, 1.54) is 41.5 Å². The molecule has 1 fully saturated rings. The van der Waals surface area contributed by atoms with E-state index in [0.717, 1.165) is 6.54 Å². The molecule has 2 unspecified atom stereocenters. The maximum atomic E-state index is 6.29. The van der Waals surface area contributed by atoms with E-state index in [1.807, 2.05) is 11.3 Å². The van der Waals surface area contributed by atoms with E-state index in [4.69, 9.17) is 5.73 Å². The van der Waals surface area contributed by atoms with Crippen LogP contribution in [0.1, 0.15) is 37.0 Å². The Bertz CT molecular complexity index is 353. The van der Waals surface area contributed by atoms with Crippen molar-refractivity contribution in [3.8, 4) is 0 Å². The number of nitrogens with two attached hydrogens (primary N) is 1. The lowest BCUT2D eigenvalue weighted by Gasteiger charge is -2.31. The molecule has 0 bridgehead atoms. The standard InChI is InChI=1S/C13H21BrN2S/c1-16(8-11-7-10(14)9-17-11)13-6-4-2-3-5-12(13)15/h7,9,12-13H,2-6,8,15H2,1H3. The van der Waals surface area contributed by atoms with E-state index in [2.05, 4.69) is 39.3 Å². The molecule has 1 aliphatic carbocycles. The third-order valence-corrected chi connectivity index (χ3v) is 5.31. The fourth-order valence-electron chi connectivity index (χ4n) is 2.66. The molecule has 0 spiro atoms. The Hall–Kier alpha value is 0.1000. The Kier molecular flexibility index (Phi) is 5.03. The molecule has 0 saturated heterocycles. The lowest BCUT2D eigenvalue weighted by Crippen LogP contribution is -2.44. The second-order valence-electron chi connectivity index (χ2n) is 5.02. The number of thiophene rings is 1. The van der Waals surface area contributed by atoms with Crippen molar-refractivity contribution in [1.29, 1.82) is 0 Å². The molecule has 1 heterocycles. The molecule has 2 N–H and O–H groups in total. The molecule has 2 nitrogen and oxygen atoms in total. The third-order valence-electron chi connectivity index (χ3n) is 3.62. The molecular formula is C13H21BrN2S. The monoisotopic (exact) mass is 316 g/mol. The summed E-state index contributed by atoms with van der Waals surface area (Å²) in [7, 11) is 2.21. The van der Waals surface area contributed by atoms with E-state index in [1.54, 1.807) is 0 Å². The average Bonchev–Trinajstić information content (AvgIpc) is 2.57. The highest BCUT2D eigenvalue weighted by molar-refractivity contribution is 9.10. The lowest BCUT2D eigenvalue weighted by molar-refractivity contribution is 0.194. The summed E-state index contributed by atoms with van der Waals surface area (Å²) >= 11 is 5.33. The fraction of sp³-hybridized carbons (Fsp3) is 0.692. The summed E-state index contributed by atoms with van der Waals surface area (Å²) in [6.45, 7) is 1.02. The zero-order valence-corrected chi connectivity index (χ0v) is 12.8. The SMILES string of the molecule is CN(Cc1cc(Br)cs1)C1CCCCCC1N. The molecule has 0 amide bonds. The summed E-state index contributed by atoms with van der Waals surface area (Å²) in [6, 6.07) is 3.12. The minimum absolute atomic E-state index is 0.353. The van der Waals surface area contributed by atoms with Crippen LogP contribution in [0.15, 0.2) is 15.9 Å². The first-order valence-electron chi connectivity index (χ1n) is 6.35. The Morgan fingerprint density at radius 1 is 1.41 bits per heavy atom. The first kappa shape index (κ1) is 13.5. The summed E-state index contributed by atoms with van der Waals surface area (Å²) in [4.78, 5) is 3.85. The van der Waals surface area contributed by atoms with Crippen molar-refractivity contribution < 1.29 is 0 Å².